The minimum atomic E-state index is -0.0500. The molecule has 0 spiro atoms. The van der Waals surface area contributed by atoms with E-state index in [-0.39, 0.29) is 11.7 Å². The van der Waals surface area contributed by atoms with E-state index in [4.69, 9.17) is 11.6 Å². The number of rotatable bonds is 6. The van der Waals surface area contributed by atoms with Gasteiger partial charge in [0.05, 0.1) is 5.92 Å². The summed E-state index contributed by atoms with van der Waals surface area (Å²) in [7, 11) is 0. The van der Waals surface area contributed by atoms with E-state index >= 15 is 0 Å². The van der Waals surface area contributed by atoms with Crippen molar-refractivity contribution in [3.63, 3.8) is 0 Å². The number of Topliss-reactive ketones (excluding diaryl/α,β-unsaturated/α-hetero) is 1. The summed E-state index contributed by atoms with van der Waals surface area (Å²) in [5.74, 6) is 0.995. The van der Waals surface area contributed by atoms with Crippen molar-refractivity contribution in [2.75, 3.05) is 13.1 Å². The lowest BCUT2D eigenvalue weighted by Crippen LogP contribution is -2.27. The van der Waals surface area contributed by atoms with Gasteiger partial charge in [-0.3, -0.25) is 4.79 Å². The summed E-state index contributed by atoms with van der Waals surface area (Å²) in [6, 6.07) is 7.56. The van der Waals surface area contributed by atoms with Crippen molar-refractivity contribution in [1.29, 1.82) is 0 Å². The average Bonchev–Trinajstić information content (AvgIpc) is 3.22. The second-order valence-electron chi connectivity index (χ2n) is 4.82. The Morgan fingerprint density at radius 1 is 1.32 bits per heavy atom. The molecule has 1 saturated carbocycles. The zero-order valence-electron chi connectivity index (χ0n) is 12.1. The first kappa shape index (κ1) is 16.2. The molecule has 19 heavy (non-hydrogen) atoms. The highest BCUT2D eigenvalue weighted by atomic mass is 35.5. The first-order valence-corrected chi connectivity index (χ1v) is 7.51. The topological polar surface area (TPSA) is 29.1 Å². The van der Waals surface area contributed by atoms with Crippen LogP contribution in [0.15, 0.2) is 24.3 Å². The monoisotopic (exact) mass is 281 g/mol. The van der Waals surface area contributed by atoms with E-state index in [0.29, 0.717) is 5.02 Å². The number of carbonyl (C=O) groups is 1. The Morgan fingerprint density at radius 2 is 1.89 bits per heavy atom. The zero-order valence-corrected chi connectivity index (χ0v) is 12.8. The van der Waals surface area contributed by atoms with Gasteiger partial charge in [0.2, 0.25) is 0 Å². The average molecular weight is 282 g/mol. The van der Waals surface area contributed by atoms with Crippen LogP contribution in [0.25, 0.3) is 0 Å². The van der Waals surface area contributed by atoms with Crippen LogP contribution in [0.4, 0.5) is 0 Å². The van der Waals surface area contributed by atoms with Crippen molar-refractivity contribution >= 4 is 17.4 Å². The molecule has 2 nitrogen and oxygen atoms in total. The van der Waals surface area contributed by atoms with Gasteiger partial charge in [-0.05, 0) is 49.9 Å². The Hall–Kier alpha value is -0.860. The first-order chi connectivity index (χ1) is 9.16. The molecular formula is C16H24ClNO. The van der Waals surface area contributed by atoms with Crippen molar-refractivity contribution in [3.05, 3.63) is 34.9 Å². The molecule has 1 aliphatic carbocycles. The van der Waals surface area contributed by atoms with Crippen LogP contribution in [0, 0.1) is 5.92 Å². The lowest BCUT2D eigenvalue weighted by molar-refractivity contribution is -0.118. The number of hydrogen-bond donors (Lipinski definition) is 1. The van der Waals surface area contributed by atoms with E-state index in [0.717, 1.165) is 24.6 Å². The van der Waals surface area contributed by atoms with Crippen LogP contribution in [0.1, 0.15) is 45.1 Å². The van der Waals surface area contributed by atoms with E-state index < -0.39 is 0 Å². The highest BCUT2D eigenvalue weighted by Crippen LogP contribution is 2.28. The van der Waals surface area contributed by atoms with Crippen molar-refractivity contribution in [3.8, 4) is 0 Å². The van der Waals surface area contributed by atoms with Gasteiger partial charge < -0.3 is 5.32 Å². The van der Waals surface area contributed by atoms with Gasteiger partial charge in [-0.15, -0.1) is 0 Å². The lowest BCUT2D eigenvalue weighted by atomic mass is 9.95. The molecule has 0 radical (unpaired) electrons. The van der Waals surface area contributed by atoms with Crippen LogP contribution in [-0.4, -0.2) is 18.9 Å². The largest absolute Gasteiger partial charge is 0.315 e. The van der Waals surface area contributed by atoms with Crippen LogP contribution < -0.4 is 5.32 Å². The SMILES string of the molecule is CC.CC(=O)C(CNCC1CC1)c1ccc(Cl)cc1. The fourth-order valence-electron chi connectivity index (χ4n) is 1.95. The van der Waals surface area contributed by atoms with E-state index in [1.54, 1.807) is 6.92 Å². The summed E-state index contributed by atoms with van der Waals surface area (Å²) in [4.78, 5) is 11.6. The molecule has 0 aromatic heterocycles. The fourth-order valence-corrected chi connectivity index (χ4v) is 2.07. The second-order valence-corrected chi connectivity index (χ2v) is 5.25. The zero-order chi connectivity index (χ0) is 14.3. The van der Waals surface area contributed by atoms with Crippen molar-refractivity contribution in [2.45, 2.75) is 39.5 Å². The summed E-state index contributed by atoms with van der Waals surface area (Å²) in [6.07, 6.45) is 2.66. The predicted molar refractivity (Wildman–Crippen MR) is 81.8 cm³/mol. The maximum absolute atomic E-state index is 11.6. The van der Waals surface area contributed by atoms with Gasteiger partial charge in [0, 0.05) is 11.6 Å². The molecule has 1 atom stereocenters. The van der Waals surface area contributed by atoms with E-state index in [1.807, 2.05) is 38.1 Å². The van der Waals surface area contributed by atoms with E-state index in [1.165, 1.54) is 12.8 Å². The summed E-state index contributed by atoms with van der Waals surface area (Å²) in [6.45, 7) is 7.42. The number of nitrogens with one attached hydrogen (secondary N) is 1. The highest BCUT2D eigenvalue weighted by molar-refractivity contribution is 6.30. The molecule has 0 amide bonds. The maximum Gasteiger partial charge on any atom is 0.138 e. The number of ketones is 1. The van der Waals surface area contributed by atoms with Crippen LogP contribution in [0.2, 0.25) is 5.02 Å². The lowest BCUT2D eigenvalue weighted by Gasteiger charge is -2.15. The second kappa shape index (κ2) is 8.34. The molecule has 1 aliphatic rings. The molecule has 3 heteroatoms. The van der Waals surface area contributed by atoms with Crippen LogP contribution in [0.5, 0.6) is 0 Å². The summed E-state index contributed by atoms with van der Waals surface area (Å²) < 4.78 is 0. The van der Waals surface area contributed by atoms with Gasteiger partial charge in [0.25, 0.3) is 0 Å². The molecule has 1 aromatic rings. The van der Waals surface area contributed by atoms with Gasteiger partial charge in [-0.1, -0.05) is 37.6 Å². The normalized spacial score (nSPS) is 15.4. The molecular weight excluding hydrogens is 258 g/mol. The molecule has 0 bridgehead atoms. The minimum Gasteiger partial charge on any atom is -0.315 e. The summed E-state index contributed by atoms with van der Waals surface area (Å²) in [5, 5.41) is 4.10. The molecule has 1 fully saturated rings. The summed E-state index contributed by atoms with van der Waals surface area (Å²) in [5.41, 5.74) is 1.05. The summed E-state index contributed by atoms with van der Waals surface area (Å²) >= 11 is 5.85. The van der Waals surface area contributed by atoms with Crippen LogP contribution >= 0.6 is 11.6 Å². The predicted octanol–water partition coefficient (Wildman–Crippen LogP) is 4.04. The van der Waals surface area contributed by atoms with Crippen molar-refractivity contribution in [2.24, 2.45) is 5.92 Å². The van der Waals surface area contributed by atoms with Gasteiger partial charge in [0.15, 0.2) is 0 Å². The quantitative estimate of drug-likeness (QED) is 0.853. The number of carbonyl (C=O) groups excluding carboxylic acids is 1. The fraction of sp³-hybridized carbons (Fsp3) is 0.562. The van der Waals surface area contributed by atoms with Gasteiger partial charge in [-0.25, -0.2) is 0 Å². The Bertz CT molecular complexity index is 384. The smallest absolute Gasteiger partial charge is 0.138 e. The number of benzene rings is 1. The Labute approximate surface area is 121 Å². The molecule has 0 heterocycles. The van der Waals surface area contributed by atoms with Crippen LogP contribution in [-0.2, 0) is 4.79 Å². The first-order valence-electron chi connectivity index (χ1n) is 7.13. The van der Waals surface area contributed by atoms with Crippen molar-refractivity contribution in [1.82, 2.24) is 5.32 Å². The molecule has 1 unspecified atom stereocenters. The van der Waals surface area contributed by atoms with Gasteiger partial charge in [0.1, 0.15) is 5.78 Å². The van der Waals surface area contributed by atoms with Gasteiger partial charge in [-0.2, -0.15) is 0 Å². The highest BCUT2D eigenvalue weighted by Gasteiger charge is 2.22. The van der Waals surface area contributed by atoms with Crippen LogP contribution in [0.3, 0.4) is 0 Å². The third-order valence-electron chi connectivity index (χ3n) is 3.24. The maximum atomic E-state index is 11.6. The Morgan fingerprint density at radius 3 is 2.37 bits per heavy atom. The molecule has 0 aliphatic heterocycles. The molecule has 2 rings (SSSR count). The third kappa shape index (κ3) is 5.75. The van der Waals surface area contributed by atoms with E-state index in [9.17, 15) is 4.79 Å². The van der Waals surface area contributed by atoms with Crippen molar-refractivity contribution < 1.29 is 4.79 Å². The molecule has 1 N–H and O–H groups in total. The molecule has 0 saturated heterocycles. The molecule has 106 valence electrons. The number of halogens is 1. The van der Waals surface area contributed by atoms with Gasteiger partial charge >= 0.3 is 0 Å². The Kier molecular flexibility index (Phi) is 7.11. The third-order valence-corrected chi connectivity index (χ3v) is 3.49. The number of hydrogen-bond acceptors (Lipinski definition) is 2. The van der Waals surface area contributed by atoms with E-state index in [2.05, 4.69) is 5.32 Å². The minimum absolute atomic E-state index is 0.0500. The standard InChI is InChI=1S/C14H18ClNO.C2H6/c1-10(17)14(9-16-8-11-2-3-11)12-4-6-13(15)7-5-12;1-2/h4-7,11,14,16H,2-3,8-9H2,1H3;1-2H3. The Balaban J connectivity index is 0.000000861. The molecule has 1 aromatic carbocycles.